The van der Waals surface area contributed by atoms with Crippen LogP contribution in [0.4, 0.5) is 0 Å². The molecule has 0 saturated heterocycles. The zero-order chi connectivity index (χ0) is 46.9. The first kappa shape index (κ1) is 55.1. The van der Waals surface area contributed by atoms with Crippen LogP contribution in [0.2, 0.25) is 0 Å². The normalized spacial score (nSPS) is 9.42. The molecule has 9 rings (SSSR count). The van der Waals surface area contributed by atoms with Crippen LogP contribution in [-0.2, 0) is 22.4 Å². The van der Waals surface area contributed by atoms with Gasteiger partial charge in [0.05, 0.1) is 12.1 Å². The topological polar surface area (TPSA) is 100 Å². The Bertz CT molecular complexity index is 2130. The molecule has 0 radical (unpaired) electrons. The van der Waals surface area contributed by atoms with Crippen molar-refractivity contribution in [3.05, 3.63) is 283 Å². The molecule has 0 bridgehead atoms. The van der Waals surface area contributed by atoms with Gasteiger partial charge in [-0.3, -0.25) is 0 Å². The summed E-state index contributed by atoms with van der Waals surface area (Å²) in [6.45, 7) is 2.86. The summed E-state index contributed by atoms with van der Waals surface area (Å²) in [5.41, 5.74) is 0. The van der Waals surface area contributed by atoms with E-state index < -0.39 is 44.0 Å². The second kappa shape index (κ2) is 34.1. The van der Waals surface area contributed by atoms with Gasteiger partial charge < -0.3 is 10.1 Å². The Kier molecular flexibility index (Phi) is 28.1. The van der Waals surface area contributed by atoms with E-state index in [2.05, 4.69) is 273 Å². The monoisotopic (exact) mass is 1150 g/mol. The fourth-order valence-corrected chi connectivity index (χ4v) is 21.0. The molecule has 9 aromatic carbocycles. The van der Waals surface area contributed by atoms with Crippen LogP contribution >= 0.6 is 0 Å². The summed E-state index contributed by atoms with van der Waals surface area (Å²) in [5, 5.41) is 23.6. The maximum atomic E-state index is 8.00. The number of rotatable bonds is 9. The molecule has 0 unspecified atom stereocenters. The average molecular weight is 1150 g/mol. The van der Waals surface area contributed by atoms with Crippen molar-refractivity contribution in [1.82, 2.24) is 0 Å². The van der Waals surface area contributed by atoms with E-state index in [9.17, 15) is 0 Å². The quantitative estimate of drug-likeness (QED) is 0.0834. The summed E-state index contributed by atoms with van der Waals surface area (Å²) in [7, 11) is 0. The van der Waals surface area contributed by atoms with Crippen molar-refractivity contribution in [2.24, 2.45) is 5.34 Å². The predicted octanol–water partition coefficient (Wildman–Crippen LogP) is 7.92. The Morgan fingerprint density at radius 1 is 0.299 bits per heavy atom. The molecular weight excluding hydrogens is 1100 g/mol. The summed E-state index contributed by atoms with van der Waals surface area (Å²) in [5.74, 6) is 0. The van der Waals surface area contributed by atoms with Crippen LogP contribution < -0.4 is 39.2 Å². The summed E-state index contributed by atoms with van der Waals surface area (Å²) in [4.78, 5) is 8.00. The van der Waals surface area contributed by atoms with E-state index in [4.69, 9.17) is 20.6 Å². The molecular formula is C58H51AgAs3N3O2. The number of hydrogen-bond acceptors (Lipinski definition) is 5. The molecule has 0 aromatic heterocycles. The van der Waals surface area contributed by atoms with Crippen molar-refractivity contribution < 1.29 is 22.4 Å². The maximum absolute atomic E-state index is 8.00. The predicted molar refractivity (Wildman–Crippen MR) is 284 cm³/mol. The van der Waals surface area contributed by atoms with Crippen molar-refractivity contribution in [1.29, 1.82) is 10.5 Å². The molecule has 5 nitrogen and oxygen atoms in total. The molecule has 336 valence electrons. The first-order chi connectivity index (χ1) is 32.6. The van der Waals surface area contributed by atoms with E-state index >= 15 is 0 Å². The third kappa shape index (κ3) is 19.3. The fourth-order valence-electron chi connectivity index (χ4n) is 6.54. The summed E-state index contributed by atoms with van der Waals surface area (Å²) < 4.78 is 13.3. The van der Waals surface area contributed by atoms with Gasteiger partial charge in [0, 0.05) is 13.8 Å². The van der Waals surface area contributed by atoms with Crippen LogP contribution in [0.3, 0.4) is 0 Å². The van der Waals surface area contributed by atoms with Crippen LogP contribution in [0.1, 0.15) is 13.8 Å². The van der Waals surface area contributed by atoms with E-state index in [1.165, 1.54) is 53.0 Å². The number of nitriles is 2. The second-order valence-corrected chi connectivity index (χ2v) is 27.5. The van der Waals surface area contributed by atoms with E-state index in [1.54, 1.807) is 12.1 Å². The molecule has 67 heavy (non-hydrogen) atoms. The Morgan fingerprint density at radius 2 is 0.373 bits per heavy atom. The first-order valence-electron chi connectivity index (χ1n) is 21.0. The molecule has 9 heteroatoms. The van der Waals surface area contributed by atoms with Crippen molar-refractivity contribution in [3.63, 3.8) is 0 Å². The Hall–Kier alpha value is -6.22. The minimum absolute atomic E-state index is 0. The molecule has 9 aromatic rings. The third-order valence-corrected chi connectivity index (χ3v) is 24.5. The van der Waals surface area contributed by atoms with Gasteiger partial charge in [-0.2, -0.15) is 10.5 Å². The van der Waals surface area contributed by atoms with Gasteiger partial charge in [0.1, 0.15) is 0 Å². The van der Waals surface area contributed by atoms with Crippen molar-refractivity contribution in [2.45, 2.75) is 13.8 Å². The van der Waals surface area contributed by atoms with Gasteiger partial charge in [-0.25, -0.2) is 0 Å². The molecule has 0 heterocycles. The second-order valence-electron chi connectivity index (χ2n) is 13.5. The van der Waals surface area contributed by atoms with E-state index in [1.807, 2.05) is 0 Å². The van der Waals surface area contributed by atoms with Gasteiger partial charge in [-0.1, -0.05) is 0 Å². The van der Waals surface area contributed by atoms with Crippen molar-refractivity contribution >= 4 is 83.1 Å². The van der Waals surface area contributed by atoms with Crippen LogP contribution in [0.15, 0.2) is 278 Å². The van der Waals surface area contributed by atoms with Gasteiger partial charge in [0.15, 0.2) is 0 Å². The Labute approximate surface area is 426 Å². The van der Waals surface area contributed by atoms with Crippen molar-refractivity contribution in [3.8, 4) is 12.1 Å². The van der Waals surface area contributed by atoms with Crippen LogP contribution in [0, 0.1) is 32.8 Å². The van der Waals surface area contributed by atoms with E-state index in [0.717, 1.165) is 5.34 Å². The Balaban J connectivity index is 0.000000243. The van der Waals surface area contributed by atoms with Gasteiger partial charge in [0.2, 0.25) is 0 Å². The molecule has 0 spiro atoms. The molecule has 0 fully saturated rings. The number of hydrogen-bond donors (Lipinski definition) is 0. The van der Waals surface area contributed by atoms with Gasteiger partial charge >= 0.3 is 378 Å². The SMILES string of the molecule is CC#N.CC#N.O=N[O-].[Ag+].c1ccc([As](c2ccccc2)c2ccccc2)cc1.c1ccc([As](c2ccccc2)c2ccccc2)cc1.c1ccc([As](c2ccccc2)c2ccccc2)cc1. The number of nitrogens with zero attached hydrogens (tertiary/aromatic N) is 3. The first-order valence-corrected chi connectivity index (χ1v) is 29.5. The molecule has 0 aliphatic rings. The molecule has 0 aliphatic carbocycles. The van der Waals surface area contributed by atoms with Crippen LogP contribution in [0.25, 0.3) is 0 Å². The molecule has 0 aliphatic heterocycles. The van der Waals surface area contributed by atoms with E-state index in [-0.39, 0.29) is 22.4 Å². The zero-order valence-electron chi connectivity index (χ0n) is 37.3. The average Bonchev–Trinajstić information content (AvgIpc) is 3.38. The zero-order valence-corrected chi connectivity index (χ0v) is 44.4. The van der Waals surface area contributed by atoms with Gasteiger partial charge in [-0.15, -0.1) is 5.34 Å². The third-order valence-electron chi connectivity index (χ3n) is 9.13. The molecule has 0 N–H and O–H groups in total. The minimum atomic E-state index is -1.39. The summed E-state index contributed by atoms with van der Waals surface area (Å²) >= 11 is -4.17. The fraction of sp³-hybridized carbons (Fsp3) is 0.0345. The van der Waals surface area contributed by atoms with Gasteiger partial charge in [0.25, 0.3) is 0 Å². The van der Waals surface area contributed by atoms with Crippen molar-refractivity contribution in [2.75, 3.05) is 0 Å². The van der Waals surface area contributed by atoms with Crippen LogP contribution in [0.5, 0.6) is 0 Å². The van der Waals surface area contributed by atoms with Gasteiger partial charge in [-0.05, 0) is 0 Å². The summed E-state index contributed by atoms with van der Waals surface area (Å²) in [6.07, 6.45) is 0. The standard InChI is InChI=1S/3C18H15As.2C2H3N.Ag.HNO2/c3*1-4-10-16(11-5-1)19(17-12-6-2-7-13-17)18-14-8-3-9-15-18;2*1-2-3;;2-1-3/h3*1-15H;2*1H3;;(H,2,3)/q;;;;;+1;/p-1. The Morgan fingerprint density at radius 3 is 0.448 bits per heavy atom. The number of benzene rings is 9. The molecule has 0 atom stereocenters. The van der Waals surface area contributed by atoms with E-state index in [0.29, 0.717) is 0 Å². The summed E-state index contributed by atoms with van der Waals surface area (Å²) in [6, 6.07) is 102. The molecule has 0 saturated carbocycles. The molecule has 0 amide bonds. The van der Waals surface area contributed by atoms with Crippen LogP contribution in [-0.4, -0.2) is 44.0 Å².